The molecule has 0 fully saturated rings. The van der Waals surface area contributed by atoms with E-state index in [0.717, 1.165) is 0 Å². The number of anilines is 1. The summed E-state index contributed by atoms with van der Waals surface area (Å²) in [6, 6.07) is 1.64. The van der Waals surface area contributed by atoms with Crippen LogP contribution in [0.15, 0.2) is 12.3 Å². The van der Waals surface area contributed by atoms with E-state index in [9.17, 15) is 4.79 Å². The lowest BCUT2D eigenvalue weighted by molar-refractivity contribution is 0.0951. The van der Waals surface area contributed by atoms with Crippen molar-refractivity contribution in [2.75, 3.05) is 25.2 Å². The Bertz CT molecular complexity index is 437. The van der Waals surface area contributed by atoms with Crippen molar-refractivity contribution in [3.05, 3.63) is 22.8 Å². The first-order valence-corrected chi connectivity index (χ1v) is 7.16. The van der Waals surface area contributed by atoms with Crippen molar-refractivity contribution in [1.82, 2.24) is 10.3 Å². The maximum atomic E-state index is 12.0. The fourth-order valence-electron chi connectivity index (χ4n) is 1.21. The predicted octanol–water partition coefficient (Wildman–Crippen LogP) is 2.65. The molecule has 4 nitrogen and oxygen atoms in total. The standard InChI is InChI=1S/C12H18ClN3OS/c1-12(2,18-4)7-16-11(17)8-5-10(14-3)15-6-9(8)13/h5-6H,7H2,1-4H3,(H,14,15)(H,16,17). The van der Waals surface area contributed by atoms with Gasteiger partial charge in [-0.25, -0.2) is 4.98 Å². The summed E-state index contributed by atoms with van der Waals surface area (Å²) in [6.07, 6.45) is 3.49. The van der Waals surface area contributed by atoms with Crippen molar-refractivity contribution in [3.63, 3.8) is 0 Å². The number of thioether (sulfide) groups is 1. The molecular weight excluding hydrogens is 270 g/mol. The first-order valence-electron chi connectivity index (χ1n) is 5.56. The molecule has 0 atom stereocenters. The number of pyridine rings is 1. The number of nitrogens with zero attached hydrogens (tertiary/aromatic N) is 1. The Morgan fingerprint density at radius 1 is 1.56 bits per heavy atom. The van der Waals surface area contributed by atoms with Gasteiger partial charge in [0, 0.05) is 24.5 Å². The van der Waals surface area contributed by atoms with Gasteiger partial charge in [0.1, 0.15) is 5.82 Å². The summed E-state index contributed by atoms with van der Waals surface area (Å²) in [5.41, 5.74) is 0.438. The lowest BCUT2D eigenvalue weighted by atomic mass is 10.2. The molecule has 0 radical (unpaired) electrons. The Labute approximate surface area is 117 Å². The van der Waals surface area contributed by atoms with Crippen LogP contribution in [0.2, 0.25) is 5.02 Å². The predicted molar refractivity (Wildman–Crippen MR) is 78.7 cm³/mol. The average Bonchev–Trinajstić information content (AvgIpc) is 2.36. The van der Waals surface area contributed by atoms with Gasteiger partial charge in [-0.2, -0.15) is 11.8 Å². The van der Waals surface area contributed by atoms with Crippen molar-refractivity contribution in [3.8, 4) is 0 Å². The lowest BCUT2D eigenvalue weighted by Gasteiger charge is -2.22. The van der Waals surface area contributed by atoms with Gasteiger partial charge in [0.2, 0.25) is 0 Å². The minimum Gasteiger partial charge on any atom is -0.373 e. The van der Waals surface area contributed by atoms with E-state index in [4.69, 9.17) is 11.6 Å². The number of rotatable bonds is 5. The van der Waals surface area contributed by atoms with Crippen LogP contribution in [0.1, 0.15) is 24.2 Å². The molecule has 0 bridgehead atoms. The van der Waals surface area contributed by atoms with E-state index in [1.165, 1.54) is 6.20 Å². The fraction of sp³-hybridized carbons (Fsp3) is 0.500. The van der Waals surface area contributed by atoms with Crippen LogP contribution in [0.3, 0.4) is 0 Å². The summed E-state index contributed by atoms with van der Waals surface area (Å²) < 4.78 is 0.000995. The van der Waals surface area contributed by atoms with Crippen molar-refractivity contribution >= 4 is 35.1 Å². The lowest BCUT2D eigenvalue weighted by Crippen LogP contribution is -2.36. The van der Waals surface area contributed by atoms with Crippen LogP contribution in [-0.2, 0) is 0 Å². The first kappa shape index (κ1) is 15.1. The SMILES string of the molecule is CNc1cc(C(=O)NCC(C)(C)SC)c(Cl)cn1. The van der Waals surface area contributed by atoms with Gasteiger partial charge in [-0.15, -0.1) is 0 Å². The molecule has 0 aliphatic heterocycles. The summed E-state index contributed by atoms with van der Waals surface area (Å²) in [4.78, 5) is 16.1. The van der Waals surface area contributed by atoms with Crippen LogP contribution >= 0.6 is 23.4 Å². The highest BCUT2D eigenvalue weighted by molar-refractivity contribution is 7.99. The normalized spacial score (nSPS) is 11.2. The van der Waals surface area contributed by atoms with Crippen molar-refractivity contribution < 1.29 is 4.79 Å². The summed E-state index contributed by atoms with van der Waals surface area (Å²) in [5, 5.41) is 6.12. The topological polar surface area (TPSA) is 54.0 Å². The second kappa shape index (κ2) is 6.29. The van der Waals surface area contributed by atoms with Crippen molar-refractivity contribution in [1.29, 1.82) is 0 Å². The van der Waals surface area contributed by atoms with Gasteiger partial charge in [0.05, 0.1) is 10.6 Å². The highest BCUT2D eigenvalue weighted by Gasteiger charge is 2.19. The average molecular weight is 288 g/mol. The summed E-state index contributed by atoms with van der Waals surface area (Å²) in [7, 11) is 1.74. The second-order valence-electron chi connectivity index (χ2n) is 4.45. The number of nitrogens with one attached hydrogen (secondary N) is 2. The number of hydrogen-bond donors (Lipinski definition) is 2. The maximum Gasteiger partial charge on any atom is 0.253 e. The number of carbonyl (C=O) groups is 1. The Morgan fingerprint density at radius 2 is 2.22 bits per heavy atom. The molecule has 1 heterocycles. The van der Waals surface area contributed by atoms with E-state index in [2.05, 4.69) is 29.5 Å². The van der Waals surface area contributed by atoms with Crippen LogP contribution in [-0.4, -0.2) is 35.5 Å². The third kappa shape index (κ3) is 4.07. The third-order valence-electron chi connectivity index (χ3n) is 2.58. The molecule has 1 rings (SSSR count). The molecule has 0 saturated carbocycles. The Morgan fingerprint density at radius 3 is 2.78 bits per heavy atom. The van der Waals surface area contributed by atoms with Gasteiger partial charge >= 0.3 is 0 Å². The fourth-order valence-corrected chi connectivity index (χ4v) is 1.62. The Hall–Kier alpha value is -0.940. The monoisotopic (exact) mass is 287 g/mol. The quantitative estimate of drug-likeness (QED) is 0.874. The smallest absolute Gasteiger partial charge is 0.253 e. The second-order valence-corrected chi connectivity index (χ2v) is 6.37. The van der Waals surface area contributed by atoms with Crippen molar-refractivity contribution in [2.45, 2.75) is 18.6 Å². The molecule has 100 valence electrons. The molecule has 1 aromatic rings. The molecule has 0 aromatic carbocycles. The van der Waals surface area contributed by atoms with Crippen LogP contribution in [0.4, 0.5) is 5.82 Å². The first-order chi connectivity index (χ1) is 8.39. The molecule has 0 aliphatic rings. The van der Waals surface area contributed by atoms with Crippen molar-refractivity contribution in [2.24, 2.45) is 0 Å². The molecule has 6 heteroatoms. The summed E-state index contributed by atoms with van der Waals surface area (Å²) in [5.74, 6) is 0.440. The molecular formula is C12H18ClN3OS. The number of aromatic nitrogens is 1. The van der Waals surface area contributed by atoms with E-state index in [1.54, 1.807) is 24.9 Å². The number of amides is 1. The maximum absolute atomic E-state index is 12.0. The van der Waals surface area contributed by atoms with E-state index in [-0.39, 0.29) is 10.7 Å². The number of hydrogen-bond acceptors (Lipinski definition) is 4. The van der Waals surface area contributed by atoms with E-state index in [0.29, 0.717) is 22.9 Å². The van der Waals surface area contributed by atoms with Crippen LogP contribution in [0, 0.1) is 0 Å². The zero-order chi connectivity index (χ0) is 13.8. The van der Waals surface area contributed by atoms with E-state index in [1.807, 2.05) is 6.26 Å². The zero-order valence-corrected chi connectivity index (χ0v) is 12.6. The molecule has 0 saturated heterocycles. The largest absolute Gasteiger partial charge is 0.373 e. The van der Waals surface area contributed by atoms with E-state index >= 15 is 0 Å². The van der Waals surface area contributed by atoms with Gasteiger partial charge in [0.25, 0.3) is 5.91 Å². The Balaban J connectivity index is 2.78. The molecule has 1 amide bonds. The van der Waals surface area contributed by atoms with Crippen LogP contribution in [0.25, 0.3) is 0 Å². The molecule has 2 N–H and O–H groups in total. The van der Waals surface area contributed by atoms with Gasteiger partial charge in [-0.05, 0) is 26.2 Å². The minimum atomic E-state index is -0.180. The van der Waals surface area contributed by atoms with Gasteiger partial charge < -0.3 is 10.6 Å². The van der Waals surface area contributed by atoms with Gasteiger partial charge in [0.15, 0.2) is 0 Å². The highest BCUT2D eigenvalue weighted by Crippen LogP contribution is 2.21. The van der Waals surface area contributed by atoms with Gasteiger partial charge in [-0.1, -0.05) is 11.6 Å². The molecule has 1 aromatic heterocycles. The number of carbonyl (C=O) groups excluding carboxylic acids is 1. The molecule has 0 unspecified atom stereocenters. The molecule has 0 spiro atoms. The highest BCUT2D eigenvalue weighted by atomic mass is 35.5. The van der Waals surface area contributed by atoms with Crippen LogP contribution < -0.4 is 10.6 Å². The van der Waals surface area contributed by atoms with Crippen LogP contribution in [0.5, 0.6) is 0 Å². The minimum absolute atomic E-state index is 0.000995. The Kier molecular flexibility index (Phi) is 5.28. The molecule has 18 heavy (non-hydrogen) atoms. The number of halogens is 1. The molecule has 0 aliphatic carbocycles. The summed E-state index contributed by atoms with van der Waals surface area (Å²) in [6.45, 7) is 4.73. The zero-order valence-electron chi connectivity index (χ0n) is 11.0. The summed E-state index contributed by atoms with van der Waals surface area (Å²) >= 11 is 7.68. The van der Waals surface area contributed by atoms with E-state index < -0.39 is 0 Å². The third-order valence-corrected chi connectivity index (χ3v) is 4.13. The van der Waals surface area contributed by atoms with Gasteiger partial charge in [-0.3, -0.25) is 4.79 Å².